The normalized spacial score (nSPS) is 11.6. The lowest BCUT2D eigenvalue weighted by Gasteiger charge is -2.03. The molecular formula is C16H10N6. The number of H-pyrrole nitrogens is 1. The summed E-state index contributed by atoms with van der Waals surface area (Å²) in [4.78, 5) is 12.1. The van der Waals surface area contributed by atoms with Crippen molar-refractivity contribution in [3.8, 4) is 11.5 Å². The zero-order chi connectivity index (χ0) is 14.5. The molecule has 1 N–H and O–H groups in total. The highest BCUT2D eigenvalue weighted by atomic mass is 15.3. The average Bonchev–Trinajstić information content (AvgIpc) is 3.20. The summed E-state index contributed by atoms with van der Waals surface area (Å²) in [5.41, 5.74) is 4.18. The molecule has 0 spiro atoms. The third kappa shape index (κ3) is 1.49. The van der Waals surface area contributed by atoms with E-state index in [1.54, 1.807) is 6.20 Å². The zero-order valence-electron chi connectivity index (χ0n) is 11.4. The fourth-order valence-electron chi connectivity index (χ4n) is 2.73. The van der Waals surface area contributed by atoms with Crippen LogP contribution in [0.3, 0.4) is 0 Å². The highest BCUT2D eigenvalue weighted by molar-refractivity contribution is 5.82. The predicted molar refractivity (Wildman–Crippen MR) is 83.4 cm³/mol. The van der Waals surface area contributed by atoms with Crippen molar-refractivity contribution in [2.75, 3.05) is 0 Å². The molecule has 22 heavy (non-hydrogen) atoms. The van der Waals surface area contributed by atoms with Crippen LogP contribution in [-0.2, 0) is 0 Å². The Balaban J connectivity index is 1.86. The monoisotopic (exact) mass is 286 g/mol. The smallest absolute Gasteiger partial charge is 0.187 e. The lowest BCUT2D eigenvalue weighted by Crippen LogP contribution is -1.94. The molecule has 5 aromatic rings. The van der Waals surface area contributed by atoms with Gasteiger partial charge in [0, 0.05) is 11.6 Å². The molecule has 0 atom stereocenters. The fourth-order valence-corrected chi connectivity index (χ4v) is 2.73. The standard InChI is InChI=1S/C16H10N6/c1-2-4-11-10(3-1)5-6-12(19-11)16-21-20-14-9-18-15-13(22(14)16)7-8-17-15/h1-9,17H. The van der Waals surface area contributed by atoms with Gasteiger partial charge in [-0.3, -0.25) is 4.40 Å². The summed E-state index contributed by atoms with van der Waals surface area (Å²) in [7, 11) is 0. The van der Waals surface area contributed by atoms with Crippen LogP contribution < -0.4 is 0 Å². The number of aromatic amines is 1. The van der Waals surface area contributed by atoms with E-state index in [2.05, 4.69) is 20.2 Å². The van der Waals surface area contributed by atoms with Crippen molar-refractivity contribution in [3.05, 3.63) is 54.9 Å². The van der Waals surface area contributed by atoms with Gasteiger partial charge in [-0.15, -0.1) is 10.2 Å². The summed E-state index contributed by atoms with van der Waals surface area (Å²) in [5.74, 6) is 0.716. The topological polar surface area (TPSA) is 71.8 Å². The maximum atomic E-state index is 4.71. The average molecular weight is 286 g/mol. The molecule has 0 saturated carbocycles. The highest BCUT2D eigenvalue weighted by Crippen LogP contribution is 2.22. The van der Waals surface area contributed by atoms with E-state index in [1.807, 2.05) is 53.1 Å². The van der Waals surface area contributed by atoms with Gasteiger partial charge < -0.3 is 4.98 Å². The largest absolute Gasteiger partial charge is 0.345 e. The Morgan fingerprint density at radius 2 is 1.91 bits per heavy atom. The number of nitrogens with one attached hydrogen (secondary N) is 1. The van der Waals surface area contributed by atoms with Gasteiger partial charge in [-0.05, 0) is 18.2 Å². The van der Waals surface area contributed by atoms with Crippen LogP contribution in [0.4, 0.5) is 0 Å². The van der Waals surface area contributed by atoms with E-state index in [0.29, 0.717) is 11.5 Å². The minimum Gasteiger partial charge on any atom is -0.345 e. The Hall–Kier alpha value is -3.28. The second-order valence-corrected chi connectivity index (χ2v) is 5.08. The zero-order valence-corrected chi connectivity index (χ0v) is 11.4. The fraction of sp³-hybridized carbons (Fsp3) is 0. The van der Waals surface area contributed by atoms with Crippen molar-refractivity contribution in [2.24, 2.45) is 0 Å². The van der Waals surface area contributed by atoms with Crippen molar-refractivity contribution < 1.29 is 0 Å². The van der Waals surface area contributed by atoms with Crippen LogP contribution >= 0.6 is 0 Å². The van der Waals surface area contributed by atoms with E-state index < -0.39 is 0 Å². The van der Waals surface area contributed by atoms with Crippen molar-refractivity contribution in [3.63, 3.8) is 0 Å². The number of nitrogens with zero attached hydrogens (tertiary/aromatic N) is 5. The summed E-state index contributed by atoms with van der Waals surface area (Å²) >= 11 is 0. The quantitative estimate of drug-likeness (QED) is 0.514. The van der Waals surface area contributed by atoms with Crippen LogP contribution in [0.15, 0.2) is 54.9 Å². The maximum Gasteiger partial charge on any atom is 0.187 e. The Kier molecular flexibility index (Phi) is 2.13. The van der Waals surface area contributed by atoms with Crippen molar-refractivity contribution in [2.45, 2.75) is 0 Å². The number of pyridine rings is 1. The third-order valence-corrected chi connectivity index (χ3v) is 3.77. The molecule has 0 amide bonds. The number of hydrogen-bond donors (Lipinski definition) is 1. The van der Waals surface area contributed by atoms with E-state index in [1.165, 1.54) is 0 Å². The van der Waals surface area contributed by atoms with Crippen LogP contribution in [0.25, 0.3) is 39.2 Å². The molecule has 6 heteroatoms. The van der Waals surface area contributed by atoms with Crippen LogP contribution in [0.2, 0.25) is 0 Å². The maximum absolute atomic E-state index is 4.71. The van der Waals surface area contributed by atoms with Gasteiger partial charge in [0.1, 0.15) is 5.69 Å². The SMILES string of the molecule is c1ccc2nc(-c3nnc4cnc5[nH]ccc5n34)ccc2c1. The second kappa shape index (κ2) is 4.11. The molecule has 5 rings (SSSR count). The van der Waals surface area contributed by atoms with Crippen molar-refractivity contribution in [1.82, 2.24) is 29.5 Å². The van der Waals surface area contributed by atoms with E-state index in [9.17, 15) is 0 Å². The molecule has 0 bridgehead atoms. The van der Waals surface area contributed by atoms with Gasteiger partial charge in [0.25, 0.3) is 0 Å². The molecule has 104 valence electrons. The third-order valence-electron chi connectivity index (χ3n) is 3.77. The predicted octanol–water partition coefficient (Wildman–Crippen LogP) is 2.82. The first-order chi connectivity index (χ1) is 10.9. The Morgan fingerprint density at radius 1 is 0.955 bits per heavy atom. The van der Waals surface area contributed by atoms with E-state index in [4.69, 9.17) is 4.98 Å². The molecule has 0 radical (unpaired) electrons. The Labute approximate surface area is 124 Å². The lowest BCUT2D eigenvalue weighted by molar-refractivity contribution is 1.10. The van der Waals surface area contributed by atoms with E-state index in [-0.39, 0.29) is 0 Å². The molecule has 1 aromatic carbocycles. The Morgan fingerprint density at radius 3 is 2.91 bits per heavy atom. The molecule has 4 heterocycles. The molecule has 6 nitrogen and oxygen atoms in total. The molecule has 0 aliphatic carbocycles. The van der Waals surface area contributed by atoms with Crippen molar-refractivity contribution in [1.29, 1.82) is 0 Å². The molecule has 0 unspecified atom stereocenters. The molecular weight excluding hydrogens is 276 g/mol. The van der Waals surface area contributed by atoms with Crippen LogP contribution in [0.1, 0.15) is 0 Å². The molecule has 4 aromatic heterocycles. The minimum absolute atomic E-state index is 0.706. The van der Waals surface area contributed by atoms with Gasteiger partial charge in [-0.1, -0.05) is 24.3 Å². The van der Waals surface area contributed by atoms with Gasteiger partial charge in [0.15, 0.2) is 17.1 Å². The van der Waals surface area contributed by atoms with Crippen LogP contribution in [0, 0.1) is 0 Å². The number of hydrogen-bond acceptors (Lipinski definition) is 4. The number of benzene rings is 1. The summed E-state index contributed by atoms with van der Waals surface area (Å²) in [6.45, 7) is 0. The van der Waals surface area contributed by atoms with Gasteiger partial charge in [-0.25, -0.2) is 9.97 Å². The summed E-state index contributed by atoms with van der Waals surface area (Å²) < 4.78 is 1.97. The van der Waals surface area contributed by atoms with E-state index >= 15 is 0 Å². The lowest BCUT2D eigenvalue weighted by atomic mass is 10.2. The number of rotatable bonds is 1. The van der Waals surface area contributed by atoms with Gasteiger partial charge in [-0.2, -0.15) is 0 Å². The van der Waals surface area contributed by atoms with Crippen molar-refractivity contribution >= 4 is 27.7 Å². The van der Waals surface area contributed by atoms with Gasteiger partial charge >= 0.3 is 0 Å². The summed E-state index contributed by atoms with van der Waals surface area (Å²) in [6, 6.07) is 14.0. The molecule has 0 saturated heterocycles. The Bertz CT molecular complexity index is 1140. The van der Waals surface area contributed by atoms with Crippen LogP contribution in [-0.4, -0.2) is 29.5 Å². The molecule has 0 aliphatic rings. The first-order valence-corrected chi connectivity index (χ1v) is 6.93. The summed E-state index contributed by atoms with van der Waals surface area (Å²) in [6.07, 6.45) is 3.56. The first-order valence-electron chi connectivity index (χ1n) is 6.93. The number of fused-ring (bicyclic) bond motifs is 4. The summed E-state index contributed by atoms with van der Waals surface area (Å²) in [5, 5.41) is 9.61. The second-order valence-electron chi connectivity index (χ2n) is 5.08. The number of para-hydroxylation sites is 1. The number of aromatic nitrogens is 6. The van der Waals surface area contributed by atoms with Gasteiger partial charge in [0.2, 0.25) is 0 Å². The van der Waals surface area contributed by atoms with E-state index in [0.717, 1.165) is 27.8 Å². The van der Waals surface area contributed by atoms with Crippen LogP contribution in [0.5, 0.6) is 0 Å². The molecule has 0 fully saturated rings. The minimum atomic E-state index is 0.706. The highest BCUT2D eigenvalue weighted by Gasteiger charge is 2.13. The van der Waals surface area contributed by atoms with Gasteiger partial charge in [0.05, 0.1) is 17.2 Å². The first kappa shape index (κ1) is 11.4. The molecule has 0 aliphatic heterocycles.